The van der Waals surface area contributed by atoms with Crippen molar-refractivity contribution < 1.29 is 0 Å². The highest BCUT2D eigenvalue weighted by molar-refractivity contribution is 5.76. The maximum Gasteiger partial charge on any atom is 0.0186 e. The fourth-order valence-electron chi connectivity index (χ4n) is 4.46. The number of hydrogen-bond donors (Lipinski definition) is 0. The van der Waals surface area contributed by atoms with Gasteiger partial charge in [-0.3, -0.25) is 0 Å². The predicted octanol–water partition coefficient (Wildman–Crippen LogP) is 5.02. The van der Waals surface area contributed by atoms with Gasteiger partial charge in [-0.05, 0) is 46.9 Å². The average molecular weight is 242 g/mol. The van der Waals surface area contributed by atoms with E-state index in [0.717, 1.165) is 11.8 Å². The molecule has 0 saturated carbocycles. The summed E-state index contributed by atoms with van der Waals surface area (Å²) in [5.74, 6) is 1.57. The van der Waals surface area contributed by atoms with Crippen LogP contribution in [0.3, 0.4) is 0 Å². The lowest BCUT2D eigenvalue weighted by Gasteiger charge is -2.15. The Hall–Kier alpha value is -0.780. The van der Waals surface area contributed by atoms with Crippen LogP contribution in [0.15, 0.2) is 12.1 Å². The van der Waals surface area contributed by atoms with Gasteiger partial charge >= 0.3 is 0 Å². The van der Waals surface area contributed by atoms with Crippen molar-refractivity contribution in [3.63, 3.8) is 0 Å². The molecule has 2 atom stereocenters. The van der Waals surface area contributed by atoms with Crippen LogP contribution in [0.5, 0.6) is 0 Å². The second kappa shape index (κ2) is 3.40. The van der Waals surface area contributed by atoms with E-state index in [1.807, 2.05) is 0 Å². The highest BCUT2D eigenvalue weighted by Gasteiger charge is 2.58. The van der Waals surface area contributed by atoms with Gasteiger partial charge in [0.05, 0.1) is 0 Å². The zero-order chi connectivity index (χ0) is 13.3. The highest BCUT2D eigenvalue weighted by Crippen LogP contribution is 2.67. The number of fused-ring (bicyclic) bond motifs is 3. The Morgan fingerprint density at radius 1 is 0.778 bits per heavy atom. The SMILES string of the molecule is CC(C)CC1(C)c2ccc3c(c21)C3(C)CC(C)C. The van der Waals surface area contributed by atoms with Crippen molar-refractivity contribution in [3.8, 4) is 0 Å². The van der Waals surface area contributed by atoms with Gasteiger partial charge in [0.25, 0.3) is 0 Å². The lowest BCUT2D eigenvalue weighted by molar-refractivity contribution is 0.474. The van der Waals surface area contributed by atoms with Crippen LogP contribution in [0, 0.1) is 11.8 Å². The van der Waals surface area contributed by atoms with E-state index in [4.69, 9.17) is 0 Å². The molecule has 0 aliphatic heterocycles. The van der Waals surface area contributed by atoms with Gasteiger partial charge in [0.15, 0.2) is 0 Å². The molecule has 1 aromatic carbocycles. The van der Waals surface area contributed by atoms with Crippen molar-refractivity contribution >= 4 is 0 Å². The van der Waals surface area contributed by atoms with E-state index in [1.165, 1.54) is 12.8 Å². The first-order valence-corrected chi connectivity index (χ1v) is 7.49. The Kier molecular flexibility index (Phi) is 2.32. The number of hydrogen-bond acceptors (Lipinski definition) is 0. The van der Waals surface area contributed by atoms with E-state index < -0.39 is 0 Å². The minimum Gasteiger partial charge on any atom is -0.0627 e. The van der Waals surface area contributed by atoms with Crippen molar-refractivity contribution in [2.75, 3.05) is 0 Å². The molecular formula is C18H26. The standard InChI is InChI=1S/C18H26/c1-11(2)9-17(5)13-7-8-14-16(15(13)17)18(14,6)10-12(3)4/h7-8,11-12H,9-10H2,1-6H3. The van der Waals surface area contributed by atoms with Gasteiger partial charge in [0.1, 0.15) is 0 Å². The first-order chi connectivity index (χ1) is 8.30. The Balaban J connectivity index is 1.91. The summed E-state index contributed by atoms with van der Waals surface area (Å²) in [6, 6.07) is 4.81. The first-order valence-electron chi connectivity index (χ1n) is 7.49. The van der Waals surface area contributed by atoms with Crippen LogP contribution in [0.1, 0.15) is 76.6 Å². The first kappa shape index (κ1) is 12.3. The molecule has 0 saturated heterocycles. The largest absolute Gasteiger partial charge is 0.0627 e. The summed E-state index contributed by atoms with van der Waals surface area (Å²) in [7, 11) is 0. The van der Waals surface area contributed by atoms with Crippen LogP contribution in [0.2, 0.25) is 0 Å². The van der Waals surface area contributed by atoms with Crippen molar-refractivity contribution in [2.45, 2.75) is 65.2 Å². The van der Waals surface area contributed by atoms with Gasteiger partial charge in [-0.2, -0.15) is 0 Å². The third kappa shape index (κ3) is 1.44. The molecule has 0 radical (unpaired) electrons. The molecule has 98 valence electrons. The third-order valence-corrected chi connectivity index (χ3v) is 5.01. The molecule has 18 heavy (non-hydrogen) atoms. The van der Waals surface area contributed by atoms with Crippen molar-refractivity contribution in [1.82, 2.24) is 0 Å². The number of rotatable bonds is 4. The summed E-state index contributed by atoms with van der Waals surface area (Å²) in [6.45, 7) is 14.3. The van der Waals surface area contributed by atoms with E-state index in [1.54, 1.807) is 22.3 Å². The van der Waals surface area contributed by atoms with Gasteiger partial charge in [0, 0.05) is 10.8 Å². The van der Waals surface area contributed by atoms with Gasteiger partial charge < -0.3 is 0 Å². The zero-order valence-corrected chi connectivity index (χ0v) is 12.7. The Morgan fingerprint density at radius 2 is 1.11 bits per heavy atom. The van der Waals surface area contributed by atoms with Crippen LogP contribution >= 0.6 is 0 Å². The molecule has 0 amide bonds. The summed E-state index contributed by atoms with van der Waals surface area (Å²) in [5.41, 5.74) is 7.55. The second-order valence-electron chi connectivity index (χ2n) is 7.77. The van der Waals surface area contributed by atoms with E-state index in [0.29, 0.717) is 10.8 Å². The van der Waals surface area contributed by atoms with Crippen LogP contribution in [0.25, 0.3) is 0 Å². The summed E-state index contributed by atoms with van der Waals surface area (Å²) in [4.78, 5) is 0. The van der Waals surface area contributed by atoms with Crippen LogP contribution in [-0.2, 0) is 10.8 Å². The van der Waals surface area contributed by atoms with Crippen molar-refractivity contribution in [3.05, 3.63) is 34.4 Å². The predicted molar refractivity (Wildman–Crippen MR) is 78.3 cm³/mol. The quantitative estimate of drug-likeness (QED) is 0.695. The summed E-state index contributed by atoms with van der Waals surface area (Å²) < 4.78 is 0. The van der Waals surface area contributed by atoms with E-state index in [9.17, 15) is 0 Å². The molecule has 0 spiro atoms. The van der Waals surface area contributed by atoms with Crippen molar-refractivity contribution in [1.29, 1.82) is 0 Å². The van der Waals surface area contributed by atoms with E-state index in [-0.39, 0.29) is 0 Å². The topological polar surface area (TPSA) is 0 Å². The van der Waals surface area contributed by atoms with E-state index >= 15 is 0 Å². The fourth-order valence-corrected chi connectivity index (χ4v) is 4.46. The highest BCUT2D eigenvalue weighted by atomic mass is 14.6. The van der Waals surface area contributed by atoms with Gasteiger partial charge in [-0.15, -0.1) is 0 Å². The molecule has 1 aromatic rings. The Labute approximate surface area is 112 Å². The monoisotopic (exact) mass is 242 g/mol. The van der Waals surface area contributed by atoms with E-state index in [2.05, 4.69) is 53.7 Å². The van der Waals surface area contributed by atoms with Gasteiger partial charge in [0.2, 0.25) is 0 Å². The zero-order valence-electron chi connectivity index (χ0n) is 12.7. The molecule has 2 aliphatic carbocycles. The molecule has 2 unspecified atom stereocenters. The molecule has 0 fully saturated rings. The maximum absolute atomic E-state index is 2.45. The van der Waals surface area contributed by atoms with Gasteiger partial charge in [-0.25, -0.2) is 0 Å². The van der Waals surface area contributed by atoms with Crippen LogP contribution in [-0.4, -0.2) is 0 Å². The van der Waals surface area contributed by atoms with Crippen LogP contribution < -0.4 is 0 Å². The minimum absolute atomic E-state index is 0.413. The third-order valence-electron chi connectivity index (χ3n) is 5.01. The normalized spacial score (nSPS) is 31.6. The average Bonchev–Trinajstić information content (AvgIpc) is 3.00. The molecule has 0 bridgehead atoms. The minimum atomic E-state index is 0.413. The second-order valence-corrected chi connectivity index (χ2v) is 7.77. The molecule has 2 aliphatic rings. The molecule has 0 aromatic heterocycles. The lowest BCUT2D eigenvalue weighted by Crippen LogP contribution is -2.10. The molecule has 0 heterocycles. The molecule has 0 N–H and O–H groups in total. The smallest absolute Gasteiger partial charge is 0.0186 e. The number of benzene rings is 1. The summed E-state index contributed by atoms with van der Waals surface area (Å²) in [5, 5.41) is 0. The summed E-state index contributed by atoms with van der Waals surface area (Å²) in [6.07, 6.45) is 2.63. The molecule has 3 rings (SSSR count). The fraction of sp³-hybridized carbons (Fsp3) is 0.667. The van der Waals surface area contributed by atoms with Crippen LogP contribution in [0.4, 0.5) is 0 Å². The maximum atomic E-state index is 2.45. The molecule has 0 heteroatoms. The lowest BCUT2D eigenvalue weighted by atomic mass is 9.88. The molecule has 0 nitrogen and oxygen atoms in total. The Bertz CT molecular complexity index is 462. The van der Waals surface area contributed by atoms with Gasteiger partial charge in [-0.1, -0.05) is 53.7 Å². The summed E-state index contributed by atoms with van der Waals surface area (Å²) >= 11 is 0. The molecular weight excluding hydrogens is 216 g/mol. The Morgan fingerprint density at radius 3 is 1.39 bits per heavy atom. The van der Waals surface area contributed by atoms with Crippen molar-refractivity contribution in [2.24, 2.45) is 11.8 Å².